The van der Waals surface area contributed by atoms with E-state index in [-0.39, 0.29) is 34.9 Å². The molecule has 1 aliphatic heterocycles. The van der Waals surface area contributed by atoms with Gasteiger partial charge in [0.05, 0.1) is 29.8 Å². The van der Waals surface area contributed by atoms with E-state index in [0.29, 0.717) is 13.2 Å². The molecule has 0 unspecified atom stereocenters. The molecule has 1 saturated heterocycles. The van der Waals surface area contributed by atoms with Gasteiger partial charge in [-0.25, -0.2) is 4.98 Å². The summed E-state index contributed by atoms with van der Waals surface area (Å²) in [5.74, 6) is -0.554. The van der Waals surface area contributed by atoms with Gasteiger partial charge in [0.2, 0.25) is 5.88 Å². The fourth-order valence-corrected chi connectivity index (χ4v) is 4.37. The molecule has 11 heteroatoms. The lowest BCUT2D eigenvalue weighted by atomic mass is 10.2. The Kier molecular flexibility index (Phi) is 9.79. The van der Waals surface area contributed by atoms with Gasteiger partial charge < -0.3 is 19.7 Å². The molecule has 1 aliphatic rings. The van der Waals surface area contributed by atoms with Crippen LogP contribution in [0, 0.1) is 0 Å². The van der Waals surface area contributed by atoms with E-state index in [2.05, 4.69) is 27.1 Å². The average Bonchev–Trinajstić information content (AvgIpc) is 2.91. The Morgan fingerprint density at radius 3 is 2.51 bits per heavy atom. The van der Waals surface area contributed by atoms with E-state index in [9.17, 15) is 18.0 Å². The Bertz CT molecular complexity index is 1240. The highest BCUT2D eigenvalue weighted by molar-refractivity contribution is 6.32. The van der Waals surface area contributed by atoms with E-state index in [1.807, 2.05) is 30.3 Å². The van der Waals surface area contributed by atoms with Crippen LogP contribution in [0.4, 0.5) is 13.2 Å². The second-order valence-corrected chi connectivity index (χ2v) is 9.78. The fourth-order valence-electron chi connectivity index (χ4n) is 4.15. The molecule has 3 aromatic rings. The molecule has 1 fully saturated rings. The molecule has 2 aromatic carbocycles. The summed E-state index contributed by atoms with van der Waals surface area (Å²) < 4.78 is 50.7. The number of amides is 1. The molecule has 0 aliphatic carbocycles. The third-order valence-electron chi connectivity index (χ3n) is 6.32. The van der Waals surface area contributed by atoms with Gasteiger partial charge in [-0.15, -0.1) is 0 Å². The van der Waals surface area contributed by atoms with Crippen LogP contribution in [0.2, 0.25) is 5.02 Å². The number of hydrogen-bond donors (Lipinski definition) is 1. The van der Waals surface area contributed by atoms with Gasteiger partial charge in [-0.3, -0.25) is 9.69 Å². The summed E-state index contributed by atoms with van der Waals surface area (Å²) in [4.78, 5) is 22.0. The Hall–Kier alpha value is -3.18. The zero-order valence-electron chi connectivity index (χ0n) is 21.5. The van der Waals surface area contributed by atoms with Gasteiger partial charge in [-0.05, 0) is 42.9 Å². The van der Waals surface area contributed by atoms with Crippen LogP contribution in [-0.2, 0) is 17.5 Å². The number of nitrogens with one attached hydrogen (secondary N) is 1. The molecular formula is C28H30ClF3N4O3. The predicted octanol–water partition coefficient (Wildman–Crippen LogP) is 5.11. The van der Waals surface area contributed by atoms with Crippen LogP contribution >= 0.6 is 11.6 Å². The first-order valence-corrected chi connectivity index (χ1v) is 12.9. The molecule has 4 rings (SSSR count). The van der Waals surface area contributed by atoms with Gasteiger partial charge in [0.1, 0.15) is 11.3 Å². The number of nitrogens with zero attached hydrogens (tertiary/aromatic N) is 3. The number of pyridine rings is 1. The number of benzene rings is 2. The maximum atomic E-state index is 13.4. The molecule has 1 aromatic heterocycles. The number of ether oxygens (including phenoxy) is 2. The average molecular weight is 563 g/mol. The lowest BCUT2D eigenvalue weighted by Crippen LogP contribution is -2.52. The minimum atomic E-state index is -4.54. The number of aromatic nitrogens is 1. The lowest BCUT2D eigenvalue weighted by molar-refractivity contribution is -0.137. The molecule has 208 valence electrons. The second kappa shape index (κ2) is 13.3. The van der Waals surface area contributed by atoms with E-state index in [1.54, 1.807) is 6.07 Å². The summed E-state index contributed by atoms with van der Waals surface area (Å²) in [7, 11) is 2.08. The number of piperazine rings is 1. The number of halogens is 4. The van der Waals surface area contributed by atoms with Crippen LogP contribution in [0.5, 0.6) is 11.6 Å². The highest BCUT2D eigenvalue weighted by Crippen LogP contribution is 2.36. The topological polar surface area (TPSA) is 66.9 Å². The molecule has 1 atom stereocenters. The standard InChI is InChI=1S/C28H30ClF3N4O3/c1-35-12-14-36(15-13-35)17-22(19-38-18-20-6-3-2-4-7-20)34-26(37)23-8-5-11-33-27(23)39-25-10-9-21(16-24(25)29)28(30,31)32/h2-11,16,22H,12-15,17-19H2,1H3,(H,34,37)/t22-/m0/s1. The largest absolute Gasteiger partial charge is 0.437 e. The minimum Gasteiger partial charge on any atom is -0.437 e. The molecule has 7 nitrogen and oxygen atoms in total. The van der Waals surface area contributed by atoms with E-state index in [4.69, 9.17) is 21.1 Å². The molecule has 1 amide bonds. The highest BCUT2D eigenvalue weighted by Gasteiger charge is 2.31. The summed E-state index contributed by atoms with van der Waals surface area (Å²) in [5.41, 5.74) is 0.250. The van der Waals surface area contributed by atoms with E-state index >= 15 is 0 Å². The molecule has 2 heterocycles. The number of carbonyl (C=O) groups excluding carboxylic acids is 1. The Morgan fingerprint density at radius 2 is 1.82 bits per heavy atom. The van der Waals surface area contributed by atoms with Crippen molar-refractivity contribution in [2.24, 2.45) is 0 Å². The summed E-state index contributed by atoms with van der Waals surface area (Å²) in [6.45, 7) is 4.89. The highest BCUT2D eigenvalue weighted by atomic mass is 35.5. The molecule has 39 heavy (non-hydrogen) atoms. The van der Waals surface area contributed by atoms with Crippen molar-refractivity contribution in [3.8, 4) is 11.6 Å². The smallest absolute Gasteiger partial charge is 0.416 e. The van der Waals surface area contributed by atoms with Crippen LogP contribution in [0.3, 0.4) is 0 Å². The van der Waals surface area contributed by atoms with Crippen LogP contribution < -0.4 is 10.1 Å². The first-order valence-electron chi connectivity index (χ1n) is 12.5. The number of hydrogen-bond acceptors (Lipinski definition) is 6. The van der Waals surface area contributed by atoms with Gasteiger partial charge >= 0.3 is 6.18 Å². The number of likely N-dealkylation sites (N-methyl/N-ethyl adjacent to an activating group) is 1. The molecule has 0 saturated carbocycles. The summed E-state index contributed by atoms with van der Waals surface area (Å²) in [5, 5.41) is 2.78. The normalized spacial score (nSPS) is 15.6. The molecular weight excluding hydrogens is 533 g/mol. The van der Waals surface area contributed by atoms with Crippen LogP contribution in [0.15, 0.2) is 66.9 Å². The van der Waals surface area contributed by atoms with Crippen molar-refractivity contribution in [1.29, 1.82) is 0 Å². The van der Waals surface area contributed by atoms with Gasteiger partial charge in [-0.1, -0.05) is 41.9 Å². The molecule has 1 N–H and O–H groups in total. The van der Waals surface area contributed by atoms with Crippen molar-refractivity contribution < 1.29 is 27.4 Å². The van der Waals surface area contributed by atoms with E-state index in [1.165, 1.54) is 12.3 Å². The summed E-state index contributed by atoms with van der Waals surface area (Å²) >= 11 is 6.05. The quantitative estimate of drug-likeness (QED) is 0.370. The van der Waals surface area contributed by atoms with E-state index in [0.717, 1.165) is 49.9 Å². The first-order chi connectivity index (χ1) is 18.7. The molecule has 0 radical (unpaired) electrons. The molecule has 0 bridgehead atoms. The third-order valence-corrected chi connectivity index (χ3v) is 6.62. The third kappa shape index (κ3) is 8.40. The Balaban J connectivity index is 1.46. The number of alkyl halides is 3. The number of rotatable bonds is 10. The zero-order valence-corrected chi connectivity index (χ0v) is 22.2. The van der Waals surface area contributed by atoms with Crippen LogP contribution in [0.25, 0.3) is 0 Å². The van der Waals surface area contributed by atoms with Gasteiger partial charge in [0, 0.05) is 38.9 Å². The van der Waals surface area contributed by atoms with Gasteiger partial charge in [0.25, 0.3) is 5.91 Å². The monoisotopic (exact) mass is 562 g/mol. The van der Waals surface area contributed by atoms with Crippen molar-refractivity contribution in [3.05, 3.63) is 88.6 Å². The molecule has 0 spiro atoms. The van der Waals surface area contributed by atoms with Crippen molar-refractivity contribution in [2.45, 2.75) is 18.8 Å². The van der Waals surface area contributed by atoms with Crippen molar-refractivity contribution >= 4 is 17.5 Å². The van der Waals surface area contributed by atoms with Crippen molar-refractivity contribution in [1.82, 2.24) is 20.1 Å². The van der Waals surface area contributed by atoms with E-state index < -0.39 is 17.6 Å². The van der Waals surface area contributed by atoms with Crippen LogP contribution in [-0.4, -0.2) is 73.1 Å². The SMILES string of the molecule is CN1CCN(C[C@@H](COCc2ccccc2)NC(=O)c2cccnc2Oc2ccc(C(F)(F)F)cc2Cl)CC1. The summed E-state index contributed by atoms with van der Waals surface area (Å²) in [6, 6.07) is 15.3. The van der Waals surface area contributed by atoms with Gasteiger partial charge in [-0.2, -0.15) is 13.2 Å². The van der Waals surface area contributed by atoms with Gasteiger partial charge in [0.15, 0.2) is 0 Å². The minimum absolute atomic E-state index is 0.0439. The maximum Gasteiger partial charge on any atom is 0.416 e. The second-order valence-electron chi connectivity index (χ2n) is 9.38. The van der Waals surface area contributed by atoms with Crippen molar-refractivity contribution in [2.75, 3.05) is 46.4 Å². The Morgan fingerprint density at radius 1 is 1.08 bits per heavy atom. The fraction of sp³-hybridized carbons (Fsp3) is 0.357. The lowest BCUT2D eigenvalue weighted by Gasteiger charge is -2.34. The summed E-state index contributed by atoms with van der Waals surface area (Å²) in [6.07, 6.45) is -3.12. The Labute approximate surface area is 230 Å². The maximum absolute atomic E-state index is 13.4. The van der Waals surface area contributed by atoms with Crippen LogP contribution in [0.1, 0.15) is 21.5 Å². The number of carbonyl (C=O) groups is 1. The predicted molar refractivity (Wildman–Crippen MR) is 142 cm³/mol. The van der Waals surface area contributed by atoms with Crippen molar-refractivity contribution in [3.63, 3.8) is 0 Å². The zero-order chi connectivity index (χ0) is 27.8. The first kappa shape index (κ1) is 28.8.